The minimum atomic E-state index is -0.160. The molecule has 1 amide bonds. The van der Waals surface area contributed by atoms with Crippen LogP contribution in [0.1, 0.15) is 18.9 Å². The number of aromatic nitrogens is 2. The van der Waals surface area contributed by atoms with E-state index in [0.717, 1.165) is 16.6 Å². The molecule has 0 fully saturated rings. The number of benzene rings is 1. The van der Waals surface area contributed by atoms with Crippen LogP contribution >= 0.6 is 0 Å². The first-order valence-electron chi connectivity index (χ1n) is 5.71. The maximum atomic E-state index is 11.7. The third-order valence-corrected chi connectivity index (χ3v) is 2.73. The lowest BCUT2D eigenvalue weighted by Crippen LogP contribution is -2.27. The van der Waals surface area contributed by atoms with Crippen molar-refractivity contribution in [2.75, 3.05) is 7.05 Å². The highest BCUT2D eigenvalue weighted by molar-refractivity contribution is 5.96. The molecule has 5 nitrogen and oxygen atoms in total. The van der Waals surface area contributed by atoms with Crippen molar-refractivity contribution in [3.8, 4) is 0 Å². The summed E-state index contributed by atoms with van der Waals surface area (Å²) in [7, 11) is 1.70. The Balaban J connectivity index is 2.08. The number of hydrogen-bond acceptors (Lipinski definition) is 3. The molecule has 1 heterocycles. The molecule has 5 heteroatoms. The Morgan fingerprint density at radius 2 is 2.17 bits per heavy atom. The van der Waals surface area contributed by atoms with Crippen LogP contribution in [-0.4, -0.2) is 33.6 Å². The summed E-state index contributed by atoms with van der Waals surface area (Å²) in [5, 5.41) is 0. The normalized spacial score (nSPS) is 10.6. The number of carbonyl (C=O) groups is 2. The van der Waals surface area contributed by atoms with E-state index in [1.54, 1.807) is 18.3 Å². The van der Waals surface area contributed by atoms with Gasteiger partial charge in [-0.3, -0.25) is 9.59 Å². The maximum Gasteiger partial charge on any atom is 0.230 e. The summed E-state index contributed by atoms with van der Waals surface area (Å²) in [6.45, 7) is 1.91. The van der Waals surface area contributed by atoms with Crippen molar-refractivity contribution in [2.24, 2.45) is 0 Å². The zero-order valence-corrected chi connectivity index (χ0v) is 10.4. The molecule has 0 aliphatic heterocycles. The Morgan fingerprint density at radius 1 is 1.39 bits per heavy atom. The minimum absolute atomic E-state index is 0.0389. The van der Waals surface area contributed by atoms with E-state index in [1.165, 1.54) is 6.92 Å². The summed E-state index contributed by atoms with van der Waals surface area (Å²) in [5.41, 5.74) is 2.85. The fourth-order valence-electron chi connectivity index (χ4n) is 1.79. The van der Waals surface area contributed by atoms with Crippen molar-refractivity contribution in [1.82, 2.24) is 14.9 Å². The van der Waals surface area contributed by atoms with Gasteiger partial charge in [-0.15, -0.1) is 0 Å². The van der Waals surface area contributed by atoms with Crippen LogP contribution in [0, 0.1) is 0 Å². The van der Waals surface area contributed by atoms with Crippen LogP contribution in [0.15, 0.2) is 24.5 Å². The molecule has 0 saturated carbocycles. The number of fused-ring (bicyclic) bond motifs is 1. The summed E-state index contributed by atoms with van der Waals surface area (Å²) in [6.07, 6.45) is 1.60. The predicted octanol–water partition coefficient (Wildman–Crippen LogP) is 1.50. The van der Waals surface area contributed by atoms with Gasteiger partial charge in [0.1, 0.15) is 5.78 Å². The number of carbonyl (C=O) groups excluding carboxylic acids is 2. The van der Waals surface area contributed by atoms with Crippen LogP contribution in [0.25, 0.3) is 11.0 Å². The predicted molar refractivity (Wildman–Crippen MR) is 67.9 cm³/mol. The van der Waals surface area contributed by atoms with Crippen LogP contribution in [0.5, 0.6) is 0 Å². The van der Waals surface area contributed by atoms with Gasteiger partial charge in [-0.2, -0.15) is 0 Å². The molecule has 0 radical (unpaired) electrons. The Bertz CT molecular complexity index is 589. The van der Waals surface area contributed by atoms with Crippen molar-refractivity contribution in [3.63, 3.8) is 0 Å². The molecule has 2 aromatic rings. The lowest BCUT2D eigenvalue weighted by molar-refractivity contribution is -0.134. The highest BCUT2D eigenvalue weighted by Crippen LogP contribution is 2.13. The number of H-pyrrole nitrogens is 1. The second kappa shape index (κ2) is 5.00. The van der Waals surface area contributed by atoms with Gasteiger partial charge in [0.15, 0.2) is 0 Å². The Kier molecular flexibility index (Phi) is 3.41. The molecule has 18 heavy (non-hydrogen) atoms. The average molecular weight is 245 g/mol. The van der Waals surface area contributed by atoms with Crippen LogP contribution in [0.2, 0.25) is 0 Å². The Hall–Kier alpha value is -2.17. The van der Waals surface area contributed by atoms with Crippen LogP contribution < -0.4 is 0 Å². The largest absolute Gasteiger partial charge is 0.345 e. The summed E-state index contributed by atoms with van der Waals surface area (Å²) in [6, 6.07) is 5.80. The molecule has 0 aliphatic carbocycles. The SMILES string of the molecule is CC(=O)CC(=O)N(C)Cc1ccc2nc[nH]c2c1. The zero-order chi connectivity index (χ0) is 13.1. The minimum Gasteiger partial charge on any atom is -0.345 e. The highest BCUT2D eigenvalue weighted by Gasteiger charge is 2.11. The number of nitrogens with one attached hydrogen (secondary N) is 1. The first kappa shape index (κ1) is 12.3. The second-order valence-electron chi connectivity index (χ2n) is 4.38. The molecular weight excluding hydrogens is 230 g/mol. The van der Waals surface area contributed by atoms with Gasteiger partial charge in [0.25, 0.3) is 0 Å². The quantitative estimate of drug-likeness (QED) is 0.830. The number of amides is 1. The second-order valence-corrected chi connectivity index (χ2v) is 4.38. The van der Waals surface area contributed by atoms with Gasteiger partial charge in [-0.05, 0) is 24.6 Å². The van der Waals surface area contributed by atoms with E-state index < -0.39 is 0 Å². The van der Waals surface area contributed by atoms with Crippen molar-refractivity contribution in [2.45, 2.75) is 19.9 Å². The summed E-state index contributed by atoms with van der Waals surface area (Å²) >= 11 is 0. The van der Waals surface area contributed by atoms with E-state index in [4.69, 9.17) is 0 Å². The van der Waals surface area contributed by atoms with Gasteiger partial charge in [-0.25, -0.2) is 4.98 Å². The molecule has 0 atom stereocenters. The third-order valence-electron chi connectivity index (χ3n) is 2.73. The van der Waals surface area contributed by atoms with Crippen molar-refractivity contribution in [3.05, 3.63) is 30.1 Å². The fourth-order valence-corrected chi connectivity index (χ4v) is 1.79. The lowest BCUT2D eigenvalue weighted by Gasteiger charge is -2.16. The molecule has 2 rings (SSSR count). The van der Waals surface area contributed by atoms with E-state index in [-0.39, 0.29) is 18.1 Å². The smallest absolute Gasteiger partial charge is 0.230 e. The van der Waals surface area contributed by atoms with Gasteiger partial charge in [0, 0.05) is 13.6 Å². The van der Waals surface area contributed by atoms with Crippen LogP contribution in [0.3, 0.4) is 0 Å². The van der Waals surface area contributed by atoms with Gasteiger partial charge in [-0.1, -0.05) is 6.07 Å². The molecule has 0 unspecified atom stereocenters. The Morgan fingerprint density at radius 3 is 2.89 bits per heavy atom. The molecular formula is C13H15N3O2. The number of imidazole rings is 1. The van der Waals surface area contributed by atoms with E-state index in [9.17, 15) is 9.59 Å². The summed E-state index contributed by atoms with van der Waals surface area (Å²) in [4.78, 5) is 31.3. The molecule has 0 saturated heterocycles. The highest BCUT2D eigenvalue weighted by atomic mass is 16.2. The standard InChI is InChI=1S/C13H15N3O2/c1-9(17)5-13(18)16(2)7-10-3-4-11-12(6-10)15-8-14-11/h3-4,6,8H,5,7H2,1-2H3,(H,14,15). The first-order chi connectivity index (χ1) is 8.56. The van der Waals surface area contributed by atoms with Crippen molar-refractivity contribution < 1.29 is 9.59 Å². The maximum absolute atomic E-state index is 11.7. The number of aromatic amines is 1. The fraction of sp³-hybridized carbons (Fsp3) is 0.308. The number of Topliss-reactive ketones (excluding diaryl/α,β-unsaturated/α-hetero) is 1. The van der Waals surface area contributed by atoms with E-state index in [0.29, 0.717) is 6.54 Å². The van der Waals surface area contributed by atoms with Gasteiger partial charge in [0.2, 0.25) is 5.91 Å². The number of hydrogen-bond donors (Lipinski definition) is 1. The molecule has 0 aliphatic rings. The molecule has 0 spiro atoms. The van der Waals surface area contributed by atoms with Crippen LogP contribution in [0.4, 0.5) is 0 Å². The lowest BCUT2D eigenvalue weighted by atomic mass is 10.2. The molecule has 94 valence electrons. The van der Waals surface area contributed by atoms with E-state index >= 15 is 0 Å². The average Bonchev–Trinajstić information content (AvgIpc) is 2.75. The number of ketones is 1. The van der Waals surface area contributed by atoms with Crippen molar-refractivity contribution >= 4 is 22.7 Å². The topological polar surface area (TPSA) is 66.1 Å². The van der Waals surface area contributed by atoms with Crippen molar-refractivity contribution in [1.29, 1.82) is 0 Å². The first-order valence-corrected chi connectivity index (χ1v) is 5.71. The molecule has 1 aromatic heterocycles. The molecule has 1 aromatic carbocycles. The van der Waals surface area contributed by atoms with E-state index in [2.05, 4.69) is 9.97 Å². The van der Waals surface area contributed by atoms with Gasteiger partial charge in [0.05, 0.1) is 23.8 Å². The van der Waals surface area contributed by atoms with Gasteiger partial charge < -0.3 is 9.88 Å². The summed E-state index contributed by atoms with van der Waals surface area (Å²) in [5.74, 6) is -0.275. The zero-order valence-electron chi connectivity index (χ0n) is 10.4. The number of nitrogens with zero attached hydrogens (tertiary/aromatic N) is 2. The van der Waals surface area contributed by atoms with Crippen LogP contribution in [-0.2, 0) is 16.1 Å². The summed E-state index contributed by atoms with van der Waals surface area (Å²) < 4.78 is 0. The third kappa shape index (κ3) is 2.74. The van der Waals surface area contributed by atoms with E-state index in [1.807, 2.05) is 18.2 Å². The monoisotopic (exact) mass is 245 g/mol. The number of rotatable bonds is 4. The van der Waals surface area contributed by atoms with Gasteiger partial charge >= 0.3 is 0 Å². The molecule has 0 bridgehead atoms. The molecule has 1 N–H and O–H groups in total. The Labute approximate surface area is 105 Å².